The zero-order chi connectivity index (χ0) is 22.3. The first kappa shape index (κ1) is 21.1. The van der Waals surface area contributed by atoms with Gasteiger partial charge in [-0.1, -0.05) is 30.3 Å². The van der Waals surface area contributed by atoms with Gasteiger partial charge in [0.25, 0.3) is 15.9 Å². The summed E-state index contributed by atoms with van der Waals surface area (Å²) >= 11 is 0. The molecule has 0 saturated carbocycles. The number of anilines is 2. The molecule has 1 amide bonds. The Labute approximate surface area is 183 Å². The van der Waals surface area contributed by atoms with Gasteiger partial charge in [-0.05, 0) is 86.7 Å². The second-order valence-electron chi connectivity index (χ2n) is 8.24. The molecule has 0 spiro atoms. The molecule has 1 N–H and O–H groups in total. The fourth-order valence-electron chi connectivity index (χ4n) is 4.05. The molecule has 1 aliphatic heterocycles. The van der Waals surface area contributed by atoms with Gasteiger partial charge in [-0.15, -0.1) is 0 Å². The van der Waals surface area contributed by atoms with Crippen molar-refractivity contribution in [2.75, 3.05) is 9.62 Å². The van der Waals surface area contributed by atoms with Crippen molar-refractivity contribution in [2.24, 2.45) is 0 Å². The van der Waals surface area contributed by atoms with E-state index in [-0.39, 0.29) is 16.8 Å². The molecular formula is C25H26N2O3S. The summed E-state index contributed by atoms with van der Waals surface area (Å²) in [6, 6.07) is 18.1. The first-order valence-corrected chi connectivity index (χ1v) is 11.8. The van der Waals surface area contributed by atoms with Gasteiger partial charge in [0.1, 0.15) is 0 Å². The summed E-state index contributed by atoms with van der Waals surface area (Å²) in [5, 5.41) is 0. The number of nitrogens with one attached hydrogen (secondary N) is 1. The highest BCUT2D eigenvalue weighted by molar-refractivity contribution is 7.92. The van der Waals surface area contributed by atoms with Crippen molar-refractivity contribution in [2.45, 2.75) is 45.1 Å². The minimum Gasteiger partial charge on any atom is -0.305 e. The molecule has 5 nitrogen and oxygen atoms in total. The Balaban J connectivity index is 1.68. The highest BCUT2D eigenvalue weighted by Gasteiger charge is 2.32. The van der Waals surface area contributed by atoms with Gasteiger partial charge in [-0.25, -0.2) is 8.42 Å². The van der Waals surface area contributed by atoms with E-state index in [0.717, 1.165) is 28.8 Å². The molecule has 1 aliphatic rings. The zero-order valence-electron chi connectivity index (χ0n) is 18.1. The van der Waals surface area contributed by atoms with Gasteiger partial charge >= 0.3 is 0 Å². The van der Waals surface area contributed by atoms with Crippen LogP contribution < -0.4 is 9.62 Å². The van der Waals surface area contributed by atoms with Crippen molar-refractivity contribution >= 4 is 27.3 Å². The fourth-order valence-corrected chi connectivity index (χ4v) is 5.37. The number of fused-ring (bicyclic) bond motifs is 1. The van der Waals surface area contributed by atoms with Crippen molar-refractivity contribution in [1.82, 2.24) is 0 Å². The lowest BCUT2D eigenvalue weighted by atomic mass is 10.1. The summed E-state index contributed by atoms with van der Waals surface area (Å²) in [5.74, 6) is -0.194. The van der Waals surface area contributed by atoms with E-state index in [1.807, 2.05) is 51.1 Å². The average molecular weight is 435 g/mol. The SMILES string of the molecule is Cc1ccc(NS(=O)(=O)c2cc(C(=O)N3c4ccccc4C[C@@H]3C)ccc2C)cc1C. The van der Waals surface area contributed by atoms with Crippen LogP contribution in [0.1, 0.15) is 39.5 Å². The Morgan fingerprint density at radius 2 is 1.65 bits per heavy atom. The summed E-state index contributed by atoms with van der Waals surface area (Å²) in [6.07, 6.45) is 0.785. The standard InChI is InChI=1S/C25H26N2O3S/c1-16-10-12-22(13-18(16)3)26-31(29,30)24-15-21(11-9-17(24)2)25(28)27-19(4)14-20-7-5-6-8-23(20)27/h5-13,15,19,26H,14H2,1-4H3/t19-/m0/s1. The number of hydrogen-bond donors (Lipinski definition) is 1. The second kappa shape index (κ2) is 7.85. The Kier molecular flexibility index (Phi) is 5.35. The summed E-state index contributed by atoms with van der Waals surface area (Å²) in [7, 11) is -3.85. The molecule has 31 heavy (non-hydrogen) atoms. The first-order valence-electron chi connectivity index (χ1n) is 10.3. The van der Waals surface area contributed by atoms with Gasteiger partial charge in [0, 0.05) is 23.0 Å². The number of carbonyl (C=O) groups excluding carboxylic acids is 1. The van der Waals surface area contributed by atoms with Gasteiger partial charge in [0.15, 0.2) is 0 Å². The van der Waals surface area contributed by atoms with Crippen LogP contribution in [-0.4, -0.2) is 20.4 Å². The van der Waals surface area contributed by atoms with Crippen LogP contribution in [0.2, 0.25) is 0 Å². The van der Waals surface area contributed by atoms with Gasteiger partial charge in [-0.2, -0.15) is 0 Å². The fraction of sp³-hybridized carbons (Fsp3) is 0.240. The maximum Gasteiger partial charge on any atom is 0.262 e. The lowest BCUT2D eigenvalue weighted by Crippen LogP contribution is -2.35. The lowest BCUT2D eigenvalue weighted by Gasteiger charge is -2.23. The molecule has 1 heterocycles. The van der Waals surface area contributed by atoms with E-state index in [4.69, 9.17) is 0 Å². The number of rotatable bonds is 4. The monoisotopic (exact) mass is 434 g/mol. The molecule has 160 valence electrons. The molecule has 6 heteroatoms. The van der Waals surface area contributed by atoms with Crippen LogP contribution in [0, 0.1) is 20.8 Å². The smallest absolute Gasteiger partial charge is 0.262 e. The number of para-hydroxylation sites is 1. The molecule has 0 radical (unpaired) electrons. The van der Waals surface area contributed by atoms with Crippen LogP contribution in [0.5, 0.6) is 0 Å². The quantitative estimate of drug-likeness (QED) is 0.628. The summed E-state index contributed by atoms with van der Waals surface area (Å²) in [6.45, 7) is 7.65. The average Bonchev–Trinajstić information content (AvgIpc) is 3.06. The van der Waals surface area contributed by atoms with Crippen LogP contribution in [-0.2, 0) is 16.4 Å². The Morgan fingerprint density at radius 1 is 0.935 bits per heavy atom. The number of amides is 1. The Morgan fingerprint density at radius 3 is 2.39 bits per heavy atom. The van der Waals surface area contributed by atoms with Crippen molar-refractivity contribution in [1.29, 1.82) is 0 Å². The lowest BCUT2D eigenvalue weighted by molar-refractivity contribution is 0.0981. The van der Waals surface area contributed by atoms with Gasteiger partial charge in [0.2, 0.25) is 0 Å². The van der Waals surface area contributed by atoms with Crippen LogP contribution >= 0.6 is 0 Å². The minimum absolute atomic E-state index is 0.0138. The number of benzene rings is 3. The number of sulfonamides is 1. The van der Waals surface area contributed by atoms with Crippen LogP contribution in [0.3, 0.4) is 0 Å². The third-order valence-corrected chi connectivity index (χ3v) is 7.43. The molecule has 0 saturated heterocycles. The molecule has 3 aromatic rings. The minimum atomic E-state index is -3.85. The third-order valence-electron chi connectivity index (χ3n) is 5.91. The summed E-state index contributed by atoms with van der Waals surface area (Å²) in [4.78, 5) is 15.2. The van der Waals surface area contributed by atoms with E-state index in [2.05, 4.69) is 4.72 Å². The highest BCUT2D eigenvalue weighted by Crippen LogP contribution is 2.33. The number of aryl methyl sites for hydroxylation is 3. The molecule has 0 bridgehead atoms. The number of nitrogens with zero attached hydrogens (tertiary/aromatic N) is 1. The molecule has 4 rings (SSSR count). The molecule has 0 fully saturated rings. The predicted octanol–water partition coefficient (Wildman–Crippen LogP) is 5.00. The number of hydrogen-bond acceptors (Lipinski definition) is 3. The van der Waals surface area contributed by atoms with Gasteiger partial charge < -0.3 is 4.90 Å². The van der Waals surface area contributed by atoms with E-state index in [1.165, 1.54) is 6.07 Å². The van der Waals surface area contributed by atoms with Crippen molar-refractivity contribution < 1.29 is 13.2 Å². The van der Waals surface area contributed by atoms with E-state index < -0.39 is 10.0 Å². The van der Waals surface area contributed by atoms with Crippen molar-refractivity contribution in [3.05, 3.63) is 88.5 Å². The van der Waals surface area contributed by atoms with Crippen molar-refractivity contribution in [3.63, 3.8) is 0 Å². The molecular weight excluding hydrogens is 408 g/mol. The maximum absolute atomic E-state index is 13.4. The maximum atomic E-state index is 13.4. The molecule has 0 aromatic heterocycles. The van der Waals surface area contributed by atoms with E-state index in [1.54, 1.807) is 36.1 Å². The topological polar surface area (TPSA) is 66.5 Å². The molecule has 1 atom stereocenters. The van der Waals surface area contributed by atoms with Gasteiger partial charge in [0.05, 0.1) is 4.90 Å². The molecule has 3 aromatic carbocycles. The second-order valence-corrected chi connectivity index (χ2v) is 9.89. The van der Waals surface area contributed by atoms with Crippen molar-refractivity contribution in [3.8, 4) is 0 Å². The largest absolute Gasteiger partial charge is 0.305 e. The van der Waals surface area contributed by atoms with E-state index in [9.17, 15) is 13.2 Å². The predicted molar refractivity (Wildman–Crippen MR) is 124 cm³/mol. The van der Waals surface area contributed by atoms with Crippen LogP contribution in [0.25, 0.3) is 0 Å². The zero-order valence-corrected chi connectivity index (χ0v) is 19.0. The summed E-state index contributed by atoms with van der Waals surface area (Å²) < 4.78 is 28.9. The van der Waals surface area contributed by atoms with E-state index in [0.29, 0.717) is 16.8 Å². The van der Waals surface area contributed by atoms with Gasteiger partial charge in [-0.3, -0.25) is 9.52 Å². The molecule has 0 unspecified atom stereocenters. The number of carbonyl (C=O) groups is 1. The van der Waals surface area contributed by atoms with Crippen LogP contribution in [0.15, 0.2) is 65.6 Å². The van der Waals surface area contributed by atoms with Crippen LogP contribution in [0.4, 0.5) is 11.4 Å². The third kappa shape index (κ3) is 3.95. The van der Waals surface area contributed by atoms with E-state index >= 15 is 0 Å². The first-order chi connectivity index (χ1) is 14.7. The Hall–Kier alpha value is -3.12. The molecule has 0 aliphatic carbocycles. The normalized spacial score (nSPS) is 15.6. The summed E-state index contributed by atoms with van der Waals surface area (Å²) in [5.41, 5.74) is 5.55. The Bertz CT molecular complexity index is 1280. The highest BCUT2D eigenvalue weighted by atomic mass is 32.2.